The van der Waals surface area contributed by atoms with Crippen LogP contribution in [0.4, 0.5) is 0 Å². The zero-order valence-corrected chi connectivity index (χ0v) is 11.9. The van der Waals surface area contributed by atoms with Crippen molar-refractivity contribution < 1.29 is 13.5 Å². The number of aliphatic hydroxyl groups excluding tert-OH is 1. The maximum absolute atomic E-state index is 11.6. The Morgan fingerprint density at radius 2 is 2.00 bits per heavy atom. The monoisotopic (exact) mass is 292 g/mol. The summed E-state index contributed by atoms with van der Waals surface area (Å²) in [5.41, 5.74) is 1.59. The zero-order valence-electron chi connectivity index (χ0n) is 11.1. The molecular weight excluding hydrogens is 276 g/mol. The van der Waals surface area contributed by atoms with Crippen LogP contribution in [0.25, 0.3) is 0 Å². The van der Waals surface area contributed by atoms with Crippen molar-refractivity contribution in [3.8, 4) is 17.9 Å². The lowest BCUT2D eigenvalue weighted by atomic mass is 10.1. The van der Waals surface area contributed by atoms with Gasteiger partial charge in [0.25, 0.3) is 0 Å². The van der Waals surface area contributed by atoms with Crippen LogP contribution in [0.5, 0.6) is 0 Å². The summed E-state index contributed by atoms with van der Waals surface area (Å²) < 4.78 is 25.6. The van der Waals surface area contributed by atoms with E-state index in [-0.39, 0.29) is 13.2 Å². The molecule has 2 N–H and O–H groups in total. The molecule has 0 aliphatic carbocycles. The van der Waals surface area contributed by atoms with Gasteiger partial charge in [-0.05, 0) is 24.6 Å². The lowest BCUT2D eigenvalue weighted by Gasteiger charge is -2.07. The molecule has 0 fully saturated rings. The van der Waals surface area contributed by atoms with Crippen molar-refractivity contribution in [3.63, 3.8) is 0 Å². The van der Waals surface area contributed by atoms with Crippen molar-refractivity contribution in [1.82, 2.24) is 4.72 Å². The summed E-state index contributed by atoms with van der Waals surface area (Å²) >= 11 is 0. The average molecular weight is 292 g/mol. The fourth-order valence-electron chi connectivity index (χ4n) is 1.30. The van der Waals surface area contributed by atoms with Crippen LogP contribution in [-0.2, 0) is 16.6 Å². The second kappa shape index (κ2) is 7.66. The van der Waals surface area contributed by atoms with Gasteiger partial charge < -0.3 is 5.11 Å². The number of nitrogens with one attached hydrogen (secondary N) is 1. The van der Waals surface area contributed by atoms with Gasteiger partial charge in [-0.25, -0.2) is 13.1 Å². The molecule has 0 heterocycles. The highest BCUT2D eigenvalue weighted by Crippen LogP contribution is 2.05. The minimum atomic E-state index is -3.60. The van der Waals surface area contributed by atoms with E-state index in [9.17, 15) is 8.42 Å². The van der Waals surface area contributed by atoms with Gasteiger partial charge in [-0.15, -0.1) is 0 Å². The molecule has 5 nitrogen and oxygen atoms in total. The van der Waals surface area contributed by atoms with Gasteiger partial charge in [-0.2, -0.15) is 5.26 Å². The number of sulfonamides is 1. The summed E-state index contributed by atoms with van der Waals surface area (Å²) in [6, 6.07) is 8.78. The van der Waals surface area contributed by atoms with E-state index in [1.807, 2.05) is 0 Å². The molecule has 106 valence electrons. The van der Waals surface area contributed by atoms with Gasteiger partial charge in [0.2, 0.25) is 10.0 Å². The molecule has 1 unspecified atom stereocenters. The van der Waals surface area contributed by atoms with E-state index in [0.717, 1.165) is 11.1 Å². The van der Waals surface area contributed by atoms with E-state index in [4.69, 9.17) is 10.4 Å². The zero-order chi connectivity index (χ0) is 15.0. The van der Waals surface area contributed by atoms with E-state index in [1.54, 1.807) is 30.3 Å². The summed E-state index contributed by atoms with van der Waals surface area (Å²) in [5, 5.41) is 16.1. The Balaban J connectivity index is 2.64. The van der Waals surface area contributed by atoms with E-state index in [1.165, 1.54) is 6.92 Å². The molecule has 0 aromatic heterocycles. The first-order chi connectivity index (χ1) is 9.49. The van der Waals surface area contributed by atoms with Gasteiger partial charge in [-0.1, -0.05) is 24.0 Å². The lowest BCUT2D eigenvalue weighted by Crippen LogP contribution is -2.31. The molecular formula is C14H16N2O3S. The minimum absolute atomic E-state index is 0.0317. The molecule has 0 bridgehead atoms. The van der Waals surface area contributed by atoms with Gasteiger partial charge >= 0.3 is 0 Å². The van der Waals surface area contributed by atoms with Gasteiger partial charge in [-0.3, -0.25) is 0 Å². The maximum Gasteiger partial charge on any atom is 0.227 e. The largest absolute Gasteiger partial charge is 0.395 e. The summed E-state index contributed by atoms with van der Waals surface area (Å²) in [5.74, 6) is 5.68. The van der Waals surface area contributed by atoms with Gasteiger partial charge in [0.1, 0.15) is 0 Å². The molecule has 0 saturated heterocycles. The number of hydrogen-bond acceptors (Lipinski definition) is 4. The highest BCUT2D eigenvalue weighted by molar-refractivity contribution is 7.90. The molecule has 0 saturated carbocycles. The number of rotatable bonds is 5. The Hall–Kier alpha value is -1.86. The van der Waals surface area contributed by atoms with Crippen LogP contribution in [0.15, 0.2) is 24.3 Å². The third-order valence-corrected chi connectivity index (χ3v) is 4.13. The Morgan fingerprint density at radius 1 is 1.35 bits per heavy atom. The van der Waals surface area contributed by atoms with Crippen molar-refractivity contribution in [2.24, 2.45) is 0 Å². The van der Waals surface area contributed by atoms with Crippen LogP contribution in [0.3, 0.4) is 0 Å². The number of nitrogens with zero attached hydrogens (tertiary/aromatic N) is 1. The fraction of sp³-hybridized carbons (Fsp3) is 0.357. The first kappa shape index (κ1) is 16.2. The molecule has 20 heavy (non-hydrogen) atoms. The first-order valence-corrected chi connectivity index (χ1v) is 7.61. The number of hydrogen-bond donors (Lipinski definition) is 2. The van der Waals surface area contributed by atoms with Crippen molar-refractivity contribution >= 4 is 10.0 Å². The van der Waals surface area contributed by atoms with Crippen molar-refractivity contribution in [2.45, 2.75) is 25.1 Å². The van der Waals surface area contributed by atoms with E-state index in [0.29, 0.717) is 6.42 Å². The second-order valence-corrected chi connectivity index (χ2v) is 6.20. The molecule has 0 radical (unpaired) electrons. The smallest absolute Gasteiger partial charge is 0.227 e. The SMILES string of the molecule is CC(C#N)S(=O)(=O)NCc1ccc(C#CCCO)cc1. The third kappa shape index (κ3) is 5.02. The summed E-state index contributed by atoms with van der Waals surface area (Å²) in [7, 11) is -3.60. The summed E-state index contributed by atoms with van der Waals surface area (Å²) in [6.07, 6.45) is 0.424. The lowest BCUT2D eigenvalue weighted by molar-refractivity contribution is 0.305. The molecule has 0 amide bonds. The van der Waals surface area contributed by atoms with Crippen LogP contribution >= 0.6 is 0 Å². The van der Waals surface area contributed by atoms with Gasteiger partial charge in [0.05, 0.1) is 12.7 Å². The van der Waals surface area contributed by atoms with Crippen molar-refractivity contribution in [2.75, 3.05) is 6.61 Å². The molecule has 6 heteroatoms. The quantitative estimate of drug-likeness (QED) is 0.784. The summed E-state index contributed by atoms with van der Waals surface area (Å²) in [6.45, 7) is 1.50. The Bertz CT molecular complexity index is 634. The van der Waals surface area contributed by atoms with E-state index >= 15 is 0 Å². The van der Waals surface area contributed by atoms with Crippen LogP contribution < -0.4 is 4.72 Å². The topological polar surface area (TPSA) is 90.2 Å². The predicted octanol–water partition coefficient (Wildman–Crippen LogP) is 0.752. The van der Waals surface area contributed by atoms with E-state index < -0.39 is 15.3 Å². The van der Waals surface area contributed by atoms with Gasteiger partial charge in [0, 0.05) is 18.5 Å². The van der Waals surface area contributed by atoms with Gasteiger partial charge in [0.15, 0.2) is 5.25 Å². The molecule has 1 aromatic carbocycles. The maximum atomic E-state index is 11.6. The molecule has 0 spiro atoms. The standard InChI is InChI=1S/C14H16N2O3S/c1-12(10-15)20(18,19)16-11-14-7-5-13(6-8-14)4-2-3-9-17/h5-8,12,16-17H,3,9,11H2,1H3. The van der Waals surface area contributed by atoms with Crippen molar-refractivity contribution in [3.05, 3.63) is 35.4 Å². The van der Waals surface area contributed by atoms with Crippen LogP contribution in [0.1, 0.15) is 24.5 Å². The molecule has 1 rings (SSSR count). The van der Waals surface area contributed by atoms with Crippen molar-refractivity contribution in [1.29, 1.82) is 5.26 Å². The molecule has 1 aromatic rings. The van der Waals surface area contributed by atoms with E-state index in [2.05, 4.69) is 16.6 Å². The second-order valence-electron chi connectivity index (χ2n) is 4.11. The molecule has 0 aliphatic heterocycles. The highest BCUT2D eigenvalue weighted by atomic mass is 32.2. The minimum Gasteiger partial charge on any atom is -0.395 e. The third-order valence-electron chi connectivity index (χ3n) is 2.55. The number of aliphatic hydroxyl groups is 1. The Labute approximate surface area is 119 Å². The van der Waals surface area contributed by atoms with Crippen LogP contribution in [-0.4, -0.2) is 25.4 Å². The fourth-order valence-corrected chi connectivity index (χ4v) is 2.06. The normalized spacial score (nSPS) is 12.1. The average Bonchev–Trinajstić information content (AvgIpc) is 2.46. The highest BCUT2D eigenvalue weighted by Gasteiger charge is 2.19. The molecule has 1 atom stereocenters. The Morgan fingerprint density at radius 3 is 2.55 bits per heavy atom. The van der Waals surface area contributed by atoms with Crippen LogP contribution in [0.2, 0.25) is 0 Å². The predicted molar refractivity (Wildman–Crippen MR) is 75.9 cm³/mol. The molecule has 0 aliphatic rings. The Kier molecular flexibility index (Phi) is 6.20. The summed E-state index contributed by atoms with van der Waals surface area (Å²) in [4.78, 5) is 0. The number of benzene rings is 1. The number of nitriles is 1. The van der Waals surface area contributed by atoms with Crippen LogP contribution in [0, 0.1) is 23.2 Å². The first-order valence-electron chi connectivity index (χ1n) is 6.06.